The molecule has 0 aromatic rings. The van der Waals surface area contributed by atoms with Crippen LogP contribution < -0.4 is 0 Å². The fourth-order valence-electron chi connectivity index (χ4n) is 14.8. The average molecular weight is 1010 g/mol. The maximum atomic E-state index is 11.8. The Labute approximate surface area is 408 Å². The van der Waals surface area contributed by atoms with Crippen molar-refractivity contribution < 1.29 is 109 Å². The lowest BCUT2D eigenvalue weighted by atomic mass is 9.43. The van der Waals surface area contributed by atoms with Crippen LogP contribution in [0.5, 0.6) is 0 Å². The first-order valence-electron chi connectivity index (χ1n) is 25.8. The SMILES string of the molecule is CCC[C@@H](C)[C@H]1CC[C@H]2[C@@H]3[C@H](O[C@@H]4OC(CO)[C@@H](O[C@H]5OC(CO)[C@@H](O)C(O)[C@@H]5O)C(O)[C@@H]4O)C[C@@H]4CCCC[C@]4(C)[C@H]3C[C@H](O[C@@H]3OC(CO)[C@@H](O[C@H]4OC(CO)[C@@H](O)[C@H](O)C4O)C(O)[C@@H]3O)[C@]12C. The molecule has 0 aromatic heterocycles. The smallest absolute Gasteiger partial charge is 0.187 e. The number of ether oxygens (including phenoxy) is 8. The predicted molar refractivity (Wildman–Crippen MR) is 237 cm³/mol. The zero-order chi connectivity index (χ0) is 50.7. The summed E-state index contributed by atoms with van der Waals surface area (Å²) in [4.78, 5) is 0. The molecule has 30 atom stereocenters. The minimum Gasteiger partial charge on any atom is -0.394 e. The van der Waals surface area contributed by atoms with Crippen LogP contribution in [0.4, 0.5) is 0 Å². The first kappa shape index (κ1) is 55.4. The van der Waals surface area contributed by atoms with Crippen LogP contribution in [0.25, 0.3) is 0 Å². The number of aliphatic hydroxyl groups is 14. The van der Waals surface area contributed by atoms with Gasteiger partial charge in [-0.2, -0.15) is 0 Å². The van der Waals surface area contributed by atoms with Gasteiger partial charge in [0.25, 0.3) is 0 Å². The second-order valence-electron chi connectivity index (χ2n) is 22.3. The van der Waals surface area contributed by atoms with Crippen LogP contribution in [-0.4, -0.2) is 233 Å². The van der Waals surface area contributed by atoms with Gasteiger partial charge < -0.3 is 109 Å². The van der Waals surface area contributed by atoms with Gasteiger partial charge in [0.2, 0.25) is 0 Å². The molecule has 4 heterocycles. The van der Waals surface area contributed by atoms with Crippen LogP contribution in [0.15, 0.2) is 0 Å². The van der Waals surface area contributed by atoms with E-state index in [4.69, 9.17) is 37.9 Å². The van der Waals surface area contributed by atoms with Gasteiger partial charge in [-0.1, -0.05) is 53.4 Å². The van der Waals surface area contributed by atoms with Gasteiger partial charge in [-0.05, 0) is 79.4 Å². The van der Waals surface area contributed by atoms with E-state index in [-0.39, 0.29) is 40.9 Å². The van der Waals surface area contributed by atoms with E-state index in [1.807, 2.05) is 0 Å². The molecule has 8 aliphatic rings. The Bertz CT molecular complexity index is 1680. The molecule has 4 aliphatic heterocycles. The van der Waals surface area contributed by atoms with E-state index in [9.17, 15) is 71.5 Å². The average Bonchev–Trinajstić information content (AvgIpc) is 3.71. The first-order chi connectivity index (χ1) is 33.3. The number of hydrogen-bond acceptors (Lipinski definition) is 22. The summed E-state index contributed by atoms with van der Waals surface area (Å²) in [5.74, 6) is 0.345. The van der Waals surface area contributed by atoms with Crippen molar-refractivity contribution in [3.05, 3.63) is 0 Å². The zero-order valence-electron chi connectivity index (χ0n) is 40.6. The molecule has 22 nitrogen and oxygen atoms in total. The molecule has 0 amide bonds. The molecule has 22 heteroatoms. The lowest BCUT2D eigenvalue weighted by Crippen LogP contribution is -2.67. The van der Waals surface area contributed by atoms with Gasteiger partial charge in [0.15, 0.2) is 25.2 Å². The van der Waals surface area contributed by atoms with Crippen molar-refractivity contribution >= 4 is 0 Å². The molecule has 4 saturated heterocycles. The summed E-state index contributed by atoms with van der Waals surface area (Å²) in [5.41, 5.74) is -0.767. The van der Waals surface area contributed by atoms with Crippen molar-refractivity contribution in [2.45, 2.75) is 227 Å². The predicted octanol–water partition coefficient (Wildman–Crippen LogP) is -3.29. The van der Waals surface area contributed by atoms with E-state index in [1.165, 1.54) is 0 Å². The van der Waals surface area contributed by atoms with Crippen LogP contribution in [-0.2, 0) is 37.9 Å². The lowest BCUT2D eigenvalue weighted by Gasteiger charge is -2.65. The number of rotatable bonds is 15. The third-order valence-electron chi connectivity index (χ3n) is 18.7. The van der Waals surface area contributed by atoms with Gasteiger partial charge in [-0.3, -0.25) is 0 Å². The van der Waals surface area contributed by atoms with Crippen molar-refractivity contribution in [2.75, 3.05) is 26.4 Å². The van der Waals surface area contributed by atoms with E-state index in [1.54, 1.807) is 0 Å². The van der Waals surface area contributed by atoms with Crippen LogP contribution >= 0.6 is 0 Å². The molecule has 4 saturated carbocycles. The molecular formula is C48H82O22. The lowest BCUT2D eigenvalue weighted by molar-refractivity contribution is -0.375. The molecule has 0 aromatic carbocycles. The fraction of sp³-hybridized carbons (Fsp3) is 1.00. The number of fused-ring (bicyclic) bond motifs is 5. The summed E-state index contributed by atoms with van der Waals surface area (Å²) in [6.07, 6.45) is -24.4. The second-order valence-corrected chi connectivity index (χ2v) is 22.3. The fourth-order valence-corrected chi connectivity index (χ4v) is 14.8. The van der Waals surface area contributed by atoms with E-state index in [0.29, 0.717) is 12.8 Å². The van der Waals surface area contributed by atoms with Crippen LogP contribution in [0.3, 0.4) is 0 Å². The summed E-state index contributed by atoms with van der Waals surface area (Å²) < 4.78 is 49.2. The second kappa shape index (κ2) is 22.4. The summed E-state index contributed by atoms with van der Waals surface area (Å²) in [6, 6.07) is 0. The highest BCUT2D eigenvalue weighted by molar-refractivity contribution is 5.15. The Morgan fingerprint density at radius 2 is 0.986 bits per heavy atom. The molecule has 406 valence electrons. The third kappa shape index (κ3) is 9.79. The first-order valence-corrected chi connectivity index (χ1v) is 25.8. The normalized spacial score (nSPS) is 54.5. The summed E-state index contributed by atoms with van der Waals surface area (Å²) in [5, 5.41) is 150. The van der Waals surface area contributed by atoms with Gasteiger partial charge in [-0.15, -0.1) is 0 Å². The van der Waals surface area contributed by atoms with Crippen LogP contribution in [0.1, 0.15) is 91.9 Å². The quantitative estimate of drug-likeness (QED) is 0.0715. The Hall–Kier alpha value is -0.880. The number of aliphatic hydroxyl groups excluding tert-OH is 14. The molecule has 8 fully saturated rings. The molecule has 8 unspecified atom stereocenters. The topological polar surface area (TPSA) is 357 Å². The van der Waals surface area contributed by atoms with Gasteiger partial charge in [0.05, 0.1) is 38.6 Å². The molecule has 0 bridgehead atoms. The third-order valence-corrected chi connectivity index (χ3v) is 18.7. The molecule has 0 radical (unpaired) electrons. The highest BCUT2D eigenvalue weighted by Crippen LogP contribution is 2.69. The molecule has 14 N–H and O–H groups in total. The van der Waals surface area contributed by atoms with Crippen LogP contribution in [0, 0.1) is 46.3 Å². The van der Waals surface area contributed by atoms with E-state index < -0.39 is 167 Å². The van der Waals surface area contributed by atoms with Gasteiger partial charge in [0.1, 0.15) is 97.7 Å². The molecule has 4 aliphatic carbocycles. The van der Waals surface area contributed by atoms with E-state index in [2.05, 4.69) is 27.7 Å². The summed E-state index contributed by atoms with van der Waals surface area (Å²) in [6.45, 7) is 6.06. The highest BCUT2D eigenvalue weighted by Gasteiger charge is 2.68. The van der Waals surface area contributed by atoms with Crippen LogP contribution in [0.2, 0.25) is 0 Å². The number of hydrogen-bond donors (Lipinski definition) is 14. The monoisotopic (exact) mass is 1010 g/mol. The van der Waals surface area contributed by atoms with E-state index >= 15 is 0 Å². The Morgan fingerprint density at radius 3 is 1.49 bits per heavy atom. The molecule has 0 spiro atoms. The van der Waals surface area contributed by atoms with Crippen molar-refractivity contribution in [1.82, 2.24) is 0 Å². The highest BCUT2D eigenvalue weighted by atomic mass is 16.8. The Morgan fingerprint density at radius 1 is 0.514 bits per heavy atom. The van der Waals surface area contributed by atoms with Crippen molar-refractivity contribution in [3.63, 3.8) is 0 Å². The minimum atomic E-state index is -1.81. The summed E-state index contributed by atoms with van der Waals surface area (Å²) >= 11 is 0. The van der Waals surface area contributed by atoms with Crippen molar-refractivity contribution in [3.8, 4) is 0 Å². The Balaban J connectivity index is 1.06. The van der Waals surface area contributed by atoms with Crippen molar-refractivity contribution in [1.29, 1.82) is 0 Å². The van der Waals surface area contributed by atoms with E-state index in [0.717, 1.165) is 51.4 Å². The van der Waals surface area contributed by atoms with Crippen molar-refractivity contribution in [2.24, 2.45) is 46.3 Å². The zero-order valence-corrected chi connectivity index (χ0v) is 40.6. The molecule has 70 heavy (non-hydrogen) atoms. The maximum absolute atomic E-state index is 11.8. The summed E-state index contributed by atoms with van der Waals surface area (Å²) in [7, 11) is 0. The minimum absolute atomic E-state index is 0.0389. The molecule has 8 rings (SSSR count). The standard InChI is InChI=1S/C48H82O22/c1-5-8-19(2)21-10-11-22-30-23(14-29(48(21,22)4)68-44-40(62)36(58)42(28(18-52)67-44)70-46-38(60)34(56)32(54)26(16-50)65-46)47(3)12-7-6-9-20(47)13-24(30)63-43-39(61)35(57)41(27(17-51)66-43)69-45-37(59)33(55)31(53)25(15-49)64-45/h19-46,49-62H,5-18H2,1-4H3/t19-,20+,21-,22+,23+,24-,25?,26?,27?,28?,29+,30+,31-,32-,33?,34+,35?,36?,37+,38?,39+,40+,41-,42-,43-,44+,45-,46-,47+,48-/m1/s1. The Kier molecular flexibility index (Phi) is 17.7. The molecular weight excluding hydrogens is 929 g/mol. The van der Waals surface area contributed by atoms with Gasteiger partial charge in [-0.25, -0.2) is 0 Å². The van der Waals surface area contributed by atoms with Gasteiger partial charge in [0, 0.05) is 5.41 Å². The largest absolute Gasteiger partial charge is 0.394 e. The van der Waals surface area contributed by atoms with Gasteiger partial charge >= 0.3 is 0 Å². The maximum Gasteiger partial charge on any atom is 0.187 e.